The highest BCUT2D eigenvalue weighted by molar-refractivity contribution is 5.99. The van der Waals surface area contributed by atoms with Gasteiger partial charge in [-0.2, -0.15) is 5.26 Å². The Bertz CT molecular complexity index is 582. The molecule has 1 heterocycles. The van der Waals surface area contributed by atoms with E-state index in [1.165, 1.54) is 0 Å². The van der Waals surface area contributed by atoms with E-state index in [2.05, 4.69) is 22.4 Å². The third-order valence-corrected chi connectivity index (χ3v) is 4.12. The Morgan fingerprint density at radius 2 is 2.16 bits per heavy atom. The molecule has 1 aromatic rings. The first-order valence-electron chi connectivity index (χ1n) is 6.56. The van der Waals surface area contributed by atoms with Gasteiger partial charge in [-0.05, 0) is 44.1 Å². The average molecular weight is 255 g/mol. The van der Waals surface area contributed by atoms with Crippen LogP contribution in [0.15, 0.2) is 18.2 Å². The van der Waals surface area contributed by atoms with Gasteiger partial charge in [-0.1, -0.05) is 12.1 Å². The number of hydrogen-bond donors (Lipinski definition) is 1. The Labute approximate surface area is 113 Å². The van der Waals surface area contributed by atoms with E-state index in [1.807, 2.05) is 26.2 Å². The fraction of sp³-hybridized carbons (Fsp3) is 0.467. The van der Waals surface area contributed by atoms with Crippen LogP contribution in [-0.2, 0) is 11.2 Å². The highest BCUT2D eigenvalue weighted by atomic mass is 16.1. The van der Waals surface area contributed by atoms with Gasteiger partial charge in [0, 0.05) is 5.69 Å². The number of benzene rings is 1. The second kappa shape index (κ2) is 4.07. The van der Waals surface area contributed by atoms with Crippen LogP contribution in [0, 0.1) is 16.7 Å². The molecular weight excluding hydrogens is 238 g/mol. The number of nitrogens with one attached hydrogen (secondary N) is 1. The van der Waals surface area contributed by atoms with E-state index in [9.17, 15) is 10.1 Å². The Morgan fingerprint density at radius 3 is 2.74 bits per heavy atom. The molecule has 0 aromatic heterocycles. The molecule has 0 bridgehead atoms. The molecule has 2 aliphatic rings. The molecule has 1 unspecified atom stereocenters. The van der Waals surface area contributed by atoms with E-state index < -0.39 is 0 Å². The van der Waals surface area contributed by atoms with Gasteiger partial charge in [-0.25, -0.2) is 0 Å². The average Bonchev–Trinajstić information content (AvgIpc) is 3.04. The molecule has 3 rings (SSSR count). The molecule has 4 nitrogen and oxygen atoms in total. The number of nitrogens with zero attached hydrogens (tertiary/aromatic N) is 2. The number of amides is 1. The van der Waals surface area contributed by atoms with Crippen LogP contribution in [0.2, 0.25) is 0 Å². The van der Waals surface area contributed by atoms with Crippen LogP contribution in [-0.4, -0.2) is 24.9 Å². The van der Waals surface area contributed by atoms with Crippen molar-refractivity contribution in [1.29, 1.82) is 5.26 Å². The lowest BCUT2D eigenvalue weighted by molar-refractivity contribution is -0.115. The van der Waals surface area contributed by atoms with E-state index in [-0.39, 0.29) is 17.4 Å². The molecule has 19 heavy (non-hydrogen) atoms. The summed E-state index contributed by atoms with van der Waals surface area (Å²) in [6.45, 7) is 0. The monoisotopic (exact) mass is 255 g/mol. The highest BCUT2D eigenvalue weighted by Crippen LogP contribution is 2.56. The summed E-state index contributed by atoms with van der Waals surface area (Å²) in [4.78, 5) is 13.5. The lowest BCUT2D eigenvalue weighted by Crippen LogP contribution is -2.28. The number of nitriles is 1. The highest BCUT2D eigenvalue weighted by Gasteiger charge is 2.51. The van der Waals surface area contributed by atoms with Crippen molar-refractivity contribution in [1.82, 2.24) is 4.90 Å². The summed E-state index contributed by atoms with van der Waals surface area (Å²) in [5.41, 5.74) is 2.85. The number of anilines is 1. The van der Waals surface area contributed by atoms with Crippen LogP contribution in [0.1, 0.15) is 30.0 Å². The zero-order valence-corrected chi connectivity index (χ0v) is 11.2. The van der Waals surface area contributed by atoms with Crippen LogP contribution >= 0.6 is 0 Å². The lowest BCUT2D eigenvalue weighted by atomic mass is 9.89. The van der Waals surface area contributed by atoms with Crippen molar-refractivity contribution >= 4 is 11.6 Å². The van der Waals surface area contributed by atoms with Gasteiger partial charge >= 0.3 is 0 Å². The van der Waals surface area contributed by atoms with Crippen molar-refractivity contribution in [2.24, 2.45) is 5.41 Å². The minimum absolute atomic E-state index is 0.0509. The van der Waals surface area contributed by atoms with Gasteiger partial charge in [0.1, 0.15) is 0 Å². The first-order valence-corrected chi connectivity index (χ1v) is 6.56. The van der Waals surface area contributed by atoms with Gasteiger partial charge in [-0.3, -0.25) is 4.79 Å². The van der Waals surface area contributed by atoms with Gasteiger partial charge in [0.15, 0.2) is 0 Å². The molecule has 98 valence electrons. The van der Waals surface area contributed by atoms with Crippen LogP contribution < -0.4 is 5.32 Å². The summed E-state index contributed by atoms with van der Waals surface area (Å²) in [6, 6.07) is 8.67. The molecule has 1 saturated carbocycles. The lowest BCUT2D eigenvalue weighted by Gasteiger charge is -2.29. The van der Waals surface area contributed by atoms with E-state index in [4.69, 9.17) is 0 Å². The number of hydrogen-bond acceptors (Lipinski definition) is 3. The van der Waals surface area contributed by atoms with E-state index in [0.29, 0.717) is 6.42 Å². The fourth-order valence-corrected chi connectivity index (χ4v) is 3.11. The molecule has 4 heteroatoms. The SMILES string of the molecule is CN(C)C(c1ccc2c(c1)CC(=O)N2)C1(C#N)CC1. The molecule has 1 aliphatic heterocycles. The topological polar surface area (TPSA) is 56.1 Å². The van der Waals surface area contributed by atoms with Crippen LogP contribution in [0.4, 0.5) is 5.69 Å². The predicted molar refractivity (Wildman–Crippen MR) is 72.5 cm³/mol. The van der Waals surface area contributed by atoms with Gasteiger partial charge in [0.2, 0.25) is 5.91 Å². The first-order chi connectivity index (χ1) is 9.05. The van der Waals surface area contributed by atoms with Gasteiger partial charge in [0.25, 0.3) is 0 Å². The maximum Gasteiger partial charge on any atom is 0.228 e. The zero-order chi connectivity index (χ0) is 13.6. The third kappa shape index (κ3) is 1.91. The van der Waals surface area contributed by atoms with Crippen molar-refractivity contribution in [3.8, 4) is 6.07 Å². The molecule has 1 atom stereocenters. The van der Waals surface area contributed by atoms with Crippen LogP contribution in [0.25, 0.3) is 0 Å². The molecule has 1 N–H and O–H groups in total. The maximum atomic E-state index is 11.4. The van der Waals surface area contributed by atoms with Crippen molar-refractivity contribution < 1.29 is 4.79 Å². The van der Waals surface area contributed by atoms with Crippen molar-refractivity contribution in [3.63, 3.8) is 0 Å². The normalized spacial score (nSPS) is 20.6. The number of fused-ring (bicyclic) bond motifs is 1. The largest absolute Gasteiger partial charge is 0.326 e. The van der Waals surface area contributed by atoms with Crippen molar-refractivity contribution in [2.45, 2.75) is 25.3 Å². The zero-order valence-electron chi connectivity index (χ0n) is 11.2. The molecule has 0 saturated heterocycles. The van der Waals surface area contributed by atoms with Gasteiger partial charge in [0.05, 0.1) is 23.9 Å². The summed E-state index contributed by atoms with van der Waals surface area (Å²) < 4.78 is 0. The number of carbonyl (C=O) groups excluding carboxylic acids is 1. The van der Waals surface area contributed by atoms with Crippen molar-refractivity contribution in [3.05, 3.63) is 29.3 Å². The molecule has 1 fully saturated rings. The number of rotatable bonds is 3. The van der Waals surface area contributed by atoms with Gasteiger partial charge < -0.3 is 10.2 Å². The van der Waals surface area contributed by atoms with E-state index >= 15 is 0 Å². The van der Waals surface area contributed by atoms with Crippen molar-refractivity contribution in [2.75, 3.05) is 19.4 Å². The summed E-state index contributed by atoms with van der Waals surface area (Å²) in [5.74, 6) is 0.0509. The smallest absolute Gasteiger partial charge is 0.228 e. The maximum absolute atomic E-state index is 11.4. The molecule has 1 aliphatic carbocycles. The second-order valence-corrected chi connectivity index (χ2v) is 5.78. The van der Waals surface area contributed by atoms with Crippen LogP contribution in [0.3, 0.4) is 0 Å². The minimum Gasteiger partial charge on any atom is -0.326 e. The van der Waals surface area contributed by atoms with Crippen LogP contribution in [0.5, 0.6) is 0 Å². The van der Waals surface area contributed by atoms with E-state index in [1.54, 1.807) is 0 Å². The number of carbonyl (C=O) groups is 1. The molecular formula is C15H17N3O. The summed E-state index contributed by atoms with van der Waals surface area (Å²) >= 11 is 0. The minimum atomic E-state index is -0.242. The third-order valence-electron chi connectivity index (χ3n) is 4.12. The molecule has 1 amide bonds. The standard InChI is InChI=1S/C15H17N3O/c1-18(2)14(15(9-16)5-6-15)10-3-4-12-11(7-10)8-13(19)17-12/h3-4,7,14H,5-6,8H2,1-2H3,(H,17,19). The quantitative estimate of drug-likeness (QED) is 0.899. The Hall–Kier alpha value is -1.86. The Morgan fingerprint density at radius 1 is 1.42 bits per heavy atom. The molecule has 1 aromatic carbocycles. The fourth-order valence-electron chi connectivity index (χ4n) is 3.11. The van der Waals surface area contributed by atoms with E-state index in [0.717, 1.165) is 29.7 Å². The molecule has 0 radical (unpaired) electrons. The summed E-state index contributed by atoms with van der Waals surface area (Å²) in [5, 5.41) is 12.3. The Balaban J connectivity index is 1.99. The molecule has 0 spiro atoms. The summed E-state index contributed by atoms with van der Waals surface area (Å²) in [7, 11) is 4.03. The van der Waals surface area contributed by atoms with Gasteiger partial charge in [-0.15, -0.1) is 0 Å². The second-order valence-electron chi connectivity index (χ2n) is 5.78. The summed E-state index contributed by atoms with van der Waals surface area (Å²) in [6.07, 6.45) is 2.37. The predicted octanol–water partition coefficient (Wildman–Crippen LogP) is 2.09. The first kappa shape index (κ1) is 12.2. The Kier molecular flexibility index (Phi) is 2.61.